The minimum Gasteiger partial charge on any atom is -0.264 e. The van der Waals surface area contributed by atoms with Crippen LogP contribution in [0.25, 0.3) is 0 Å². The smallest absolute Gasteiger partial charge is 0.264 e. The van der Waals surface area contributed by atoms with Gasteiger partial charge in [-0.1, -0.05) is 38.5 Å². The second-order valence-corrected chi connectivity index (χ2v) is 6.51. The molecule has 0 spiro atoms. The monoisotopic (exact) mass is 334 g/mol. The first kappa shape index (κ1) is 19.7. The predicted molar refractivity (Wildman–Crippen MR) is 71.9 cm³/mol. The fourth-order valence-corrected chi connectivity index (χ4v) is 2.25. The fourth-order valence-electron chi connectivity index (χ4n) is 1.59. The summed E-state index contributed by atoms with van der Waals surface area (Å²) in [6, 6.07) is 0. The molecule has 0 unspecified atom stereocenters. The topological polar surface area (TPSA) is 127 Å². The molecule has 122 valence electrons. The van der Waals surface area contributed by atoms with E-state index in [1.54, 1.807) is 0 Å². The van der Waals surface area contributed by atoms with Crippen molar-refractivity contribution in [1.29, 1.82) is 0 Å². The molecular formula is C10H22O8S2. The molecule has 0 saturated heterocycles. The van der Waals surface area contributed by atoms with Gasteiger partial charge in [0.05, 0.1) is 13.2 Å². The van der Waals surface area contributed by atoms with Gasteiger partial charge in [0.2, 0.25) is 0 Å². The van der Waals surface area contributed by atoms with Crippen molar-refractivity contribution >= 4 is 20.8 Å². The highest BCUT2D eigenvalue weighted by Crippen LogP contribution is 2.09. The highest BCUT2D eigenvalue weighted by molar-refractivity contribution is 7.81. The van der Waals surface area contributed by atoms with Gasteiger partial charge < -0.3 is 0 Å². The molecule has 10 heteroatoms. The highest BCUT2D eigenvalue weighted by atomic mass is 32.3. The van der Waals surface area contributed by atoms with Crippen LogP contribution in [0.1, 0.15) is 51.4 Å². The number of rotatable bonds is 13. The third-order valence-electron chi connectivity index (χ3n) is 2.50. The molecular weight excluding hydrogens is 312 g/mol. The van der Waals surface area contributed by atoms with E-state index in [1.165, 1.54) is 0 Å². The largest absolute Gasteiger partial charge is 0.397 e. The summed E-state index contributed by atoms with van der Waals surface area (Å²) in [4.78, 5) is 0. The van der Waals surface area contributed by atoms with Gasteiger partial charge >= 0.3 is 20.8 Å². The van der Waals surface area contributed by atoms with Crippen molar-refractivity contribution in [1.82, 2.24) is 0 Å². The molecule has 0 aromatic rings. The van der Waals surface area contributed by atoms with Crippen molar-refractivity contribution in [2.45, 2.75) is 51.4 Å². The first-order chi connectivity index (χ1) is 9.21. The SMILES string of the molecule is O=S(=O)(O)OCCCCCCCCCCOS(=O)(=O)O. The Kier molecular flexibility index (Phi) is 10.3. The lowest BCUT2D eigenvalue weighted by molar-refractivity contribution is 0.258. The third-order valence-corrected chi connectivity index (χ3v) is 3.43. The van der Waals surface area contributed by atoms with Gasteiger partial charge in [-0.05, 0) is 12.8 Å². The molecule has 20 heavy (non-hydrogen) atoms. The summed E-state index contributed by atoms with van der Waals surface area (Å²) in [5, 5.41) is 0. The van der Waals surface area contributed by atoms with Crippen molar-refractivity contribution in [2.24, 2.45) is 0 Å². The summed E-state index contributed by atoms with van der Waals surface area (Å²) >= 11 is 0. The van der Waals surface area contributed by atoms with Crippen molar-refractivity contribution in [3.05, 3.63) is 0 Å². The van der Waals surface area contributed by atoms with Crippen LogP contribution in [0.3, 0.4) is 0 Å². The second-order valence-electron chi connectivity index (χ2n) is 4.33. The van der Waals surface area contributed by atoms with Crippen molar-refractivity contribution in [3.8, 4) is 0 Å². The molecule has 0 aromatic carbocycles. The summed E-state index contributed by atoms with van der Waals surface area (Å²) < 4.78 is 65.8. The van der Waals surface area contributed by atoms with Gasteiger partial charge in [0.25, 0.3) is 0 Å². The minimum atomic E-state index is -4.32. The Morgan fingerprint density at radius 1 is 0.550 bits per heavy atom. The molecule has 0 bridgehead atoms. The zero-order chi connectivity index (χ0) is 15.5. The molecule has 0 heterocycles. The van der Waals surface area contributed by atoms with Crippen LogP contribution >= 0.6 is 0 Å². The first-order valence-corrected chi connectivity index (χ1v) is 9.17. The van der Waals surface area contributed by atoms with E-state index in [9.17, 15) is 16.8 Å². The highest BCUT2D eigenvalue weighted by Gasteiger charge is 2.03. The van der Waals surface area contributed by atoms with Crippen molar-refractivity contribution in [2.75, 3.05) is 13.2 Å². The van der Waals surface area contributed by atoms with Crippen molar-refractivity contribution < 1.29 is 34.3 Å². The molecule has 0 fully saturated rings. The van der Waals surface area contributed by atoms with Gasteiger partial charge in [-0.25, -0.2) is 8.37 Å². The van der Waals surface area contributed by atoms with Gasteiger partial charge in [-0.3, -0.25) is 9.11 Å². The third kappa shape index (κ3) is 17.7. The average Bonchev–Trinajstić information content (AvgIpc) is 2.27. The Labute approximate surface area is 120 Å². The van der Waals surface area contributed by atoms with E-state index < -0.39 is 20.8 Å². The van der Waals surface area contributed by atoms with E-state index in [-0.39, 0.29) is 13.2 Å². The molecule has 0 radical (unpaired) electrons. The lowest BCUT2D eigenvalue weighted by Gasteiger charge is -2.02. The Morgan fingerprint density at radius 3 is 1.05 bits per heavy atom. The van der Waals surface area contributed by atoms with E-state index in [0.717, 1.165) is 38.5 Å². The van der Waals surface area contributed by atoms with Crippen LogP contribution in [-0.2, 0) is 29.2 Å². The van der Waals surface area contributed by atoms with E-state index in [1.807, 2.05) is 0 Å². The molecule has 0 rings (SSSR count). The summed E-state index contributed by atoms with van der Waals surface area (Å²) in [5.41, 5.74) is 0. The maximum atomic E-state index is 10.2. The van der Waals surface area contributed by atoms with Gasteiger partial charge in [-0.2, -0.15) is 16.8 Å². The van der Waals surface area contributed by atoms with Crippen LogP contribution in [0.5, 0.6) is 0 Å². The number of hydrogen-bond acceptors (Lipinski definition) is 6. The Bertz CT molecular complexity index is 386. The van der Waals surface area contributed by atoms with Crippen molar-refractivity contribution in [3.63, 3.8) is 0 Å². The summed E-state index contributed by atoms with van der Waals surface area (Å²) in [7, 11) is -8.63. The van der Waals surface area contributed by atoms with Crippen LogP contribution in [0, 0.1) is 0 Å². The Balaban J connectivity index is 3.18. The number of hydrogen-bond donors (Lipinski definition) is 2. The van der Waals surface area contributed by atoms with Gasteiger partial charge in [0.15, 0.2) is 0 Å². The molecule has 0 aliphatic heterocycles. The molecule has 0 aliphatic rings. The Hall–Kier alpha value is -0.260. The predicted octanol–water partition coefficient (Wildman–Crippen LogP) is 1.75. The van der Waals surface area contributed by atoms with Crippen LogP contribution < -0.4 is 0 Å². The zero-order valence-electron chi connectivity index (χ0n) is 11.2. The van der Waals surface area contributed by atoms with Gasteiger partial charge in [-0.15, -0.1) is 0 Å². The quantitative estimate of drug-likeness (QED) is 0.385. The van der Waals surface area contributed by atoms with E-state index in [2.05, 4.69) is 8.37 Å². The molecule has 0 saturated carbocycles. The standard InChI is InChI=1S/C10H22O8S2/c11-19(12,13)17-9-7-5-3-1-2-4-6-8-10-18-20(14,15)16/h1-10H2,(H,11,12,13)(H,14,15,16). The van der Waals surface area contributed by atoms with Crippen LogP contribution in [0.15, 0.2) is 0 Å². The molecule has 8 nitrogen and oxygen atoms in total. The van der Waals surface area contributed by atoms with E-state index in [0.29, 0.717) is 12.8 Å². The summed E-state index contributed by atoms with van der Waals surface area (Å²) in [6.07, 6.45) is 6.65. The average molecular weight is 334 g/mol. The maximum Gasteiger partial charge on any atom is 0.397 e. The summed E-state index contributed by atoms with van der Waals surface area (Å²) in [5.74, 6) is 0. The first-order valence-electron chi connectivity index (χ1n) is 6.44. The minimum absolute atomic E-state index is 0.00813. The van der Waals surface area contributed by atoms with E-state index in [4.69, 9.17) is 9.11 Å². The number of unbranched alkanes of at least 4 members (excludes halogenated alkanes) is 7. The molecule has 0 aromatic heterocycles. The molecule has 0 atom stereocenters. The normalized spacial score (nSPS) is 12.7. The van der Waals surface area contributed by atoms with Crippen LogP contribution in [-0.4, -0.2) is 39.2 Å². The van der Waals surface area contributed by atoms with Gasteiger partial charge in [0, 0.05) is 0 Å². The molecule has 0 amide bonds. The fraction of sp³-hybridized carbons (Fsp3) is 1.00. The lowest BCUT2D eigenvalue weighted by atomic mass is 10.1. The zero-order valence-corrected chi connectivity index (χ0v) is 12.9. The Morgan fingerprint density at radius 2 is 0.800 bits per heavy atom. The van der Waals surface area contributed by atoms with Crippen LogP contribution in [0.2, 0.25) is 0 Å². The van der Waals surface area contributed by atoms with Crippen LogP contribution in [0.4, 0.5) is 0 Å². The van der Waals surface area contributed by atoms with E-state index >= 15 is 0 Å². The molecule has 2 N–H and O–H groups in total. The maximum absolute atomic E-state index is 10.2. The lowest BCUT2D eigenvalue weighted by Crippen LogP contribution is -2.04. The van der Waals surface area contributed by atoms with Gasteiger partial charge in [0.1, 0.15) is 0 Å². The summed E-state index contributed by atoms with van der Waals surface area (Å²) in [6.45, 7) is -0.0163. The second kappa shape index (κ2) is 10.5. The molecule has 0 aliphatic carbocycles.